The number of hydrogen-bond acceptors (Lipinski definition) is 5. The van der Waals surface area contributed by atoms with E-state index in [1.165, 1.54) is 11.3 Å². The van der Waals surface area contributed by atoms with Gasteiger partial charge in [-0.15, -0.1) is 11.3 Å². The molecule has 6 aromatic carbocycles. The standard InChI is InChI=1S/C46H28N4S/c47-29-41-42(43-37-24-10-11-25-38(37)48-44(45(43)51-41)31-16-6-2-7-17-31)36-23-13-21-34(27-36)33-20-12-22-35(26-33)40-28-39(30-14-4-1-5-15-30)49-46(50-40)32-18-8-3-9-19-32/h1-28H. The van der Waals surface area contributed by atoms with E-state index in [2.05, 4.69) is 97.1 Å². The van der Waals surface area contributed by atoms with E-state index in [0.717, 1.165) is 82.6 Å². The molecule has 0 amide bonds. The minimum Gasteiger partial charge on any atom is -0.246 e. The molecule has 0 spiro atoms. The summed E-state index contributed by atoms with van der Waals surface area (Å²) in [4.78, 5) is 15.8. The normalized spacial score (nSPS) is 11.1. The van der Waals surface area contributed by atoms with Crippen LogP contribution in [0.2, 0.25) is 0 Å². The van der Waals surface area contributed by atoms with Crippen molar-refractivity contribution in [1.29, 1.82) is 5.26 Å². The molecule has 3 aromatic heterocycles. The summed E-state index contributed by atoms with van der Waals surface area (Å²) < 4.78 is 1.02. The highest BCUT2D eigenvalue weighted by atomic mass is 32.1. The van der Waals surface area contributed by atoms with Crippen LogP contribution < -0.4 is 0 Å². The van der Waals surface area contributed by atoms with E-state index < -0.39 is 0 Å². The van der Waals surface area contributed by atoms with Crippen molar-refractivity contribution in [2.24, 2.45) is 0 Å². The van der Waals surface area contributed by atoms with E-state index in [9.17, 15) is 5.26 Å². The highest BCUT2D eigenvalue weighted by Gasteiger charge is 2.21. The predicted molar refractivity (Wildman–Crippen MR) is 210 cm³/mol. The van der Waals surface area contributed by atoms with Gasteiger partial charge in [-0.25, -0.2) is 15.0 Å². The first-order chi connectivity index (χ1) is 25.2. The van der Waals surface area contributed by atoms with Crippen LogP contribution in [0.5, 0.6) is 0 Å². The van der Waals surface area contributed by atoms with Crippen molar-refractivity contribution < 1.29 is 0 Å². The van der Waals surface area contributed by atoms with Gasteiger partial charge in [0.1, 0.15) is 10.9 Å². The Morgan fingerprint density at radius 3 is 1.67 bits per heavy atom. The zero-order valence-electron chi connectivity index (χ0n) is 27.4. The van der Waals surface area contributed by atoms with Gasteiger partial charge in [0.05, 0.1) is 27.3 Å². The fourth-order valence-corrected chi connectivity index (χ4v) is 7.88. The Morgan fingerprint density at radius 2 is 0.980 bits per heavy atom. The Hall–Kier alpha value is -6.74. The Morgan fingerprint density at radius 1 is 0.451 bits per heavy atom. The number of nitriles is 1. The molecule has 0 aliphatic rings. The molecule has 0 fully saturated rings. The maximum absolute atomic E-state index is 10.5. The Kier molecular flexibility index (Phi) is 7.70. The number of rotatable bonds is 6. The van der Waals surface area contributed by atoms with E-state index >= 15 is 0 Å². The average Bonchev–Trinajstić information content (AvgIpc) is 3.62. The first-order valence-electron chi connectivity index (χ1n) is 16.8. The largest absolute Gasteiger partial charge is 0.246 e. The Bertz CT molecular complexity index is 2690. The van der Waals surface area contributed by atoms with Gasteiger partial charge in [0.25, 0.3) is 0 Å². The smallest absolute Gasteiger partial charge is 0.160 e. The van der Waals surface area contributed by atoms with Crippen molar-refractivity contribution in [2.75, 3.05) is 0 Å². The number of para-hydroxylation sites is 1. The lowest BCUT2D eigenvalue weighted by Gasteiger charge is -2.12. The van der Waals surface area contributed by atoms with Gasteiger partial charge in [0, 0.05) is 38.6 Å². The number of aromatic nitrogens is 3. The van der Waals surface area contributed by atoms with Gasteiger partial charge in [0.15, 0.2) is 5.82 Å². The minimum absolute atomic E-state index is 0.675. The van der Waals surface area contributed by atoms with Crippen LogP contribution in [0.3, 0.4) is 0 Å². The molecule has 0 saturated carbocycles. The van der Waals surface area contributed by atoms with Gasteiger partial charge in [-0.3, -0.25) is 0 Å². The Labute approximate surface area is 299 Å². The number of thiophene rings is 1. The zero-order chi connectivity index (χ0) is 34.1. The van der Waals surface area contributed by atoms with Crippen LogP contribution in [-0.2, 0) is 0 Å². The van der Waals surface area contributed by atoms with Crippen molar-refractivity contribution in [1.82, 2.24) is 15.0 Å². The molecule has 9 rings (SSSR count). The molecule has 5 heteroatoms. The van der Waals surface area contributed by atoms with Crippen LogP contribution in [-0.4, -0.2) is 15.0 Å². The summed E-state index contributed by atoms with van der Waals surface area (Å²) >= 11 is 1.52. The highest BCUT2D eigenvalue weighted by molar-refractivity contribution is 7.21. The van der Waals surface area contributed by atoms with E-state index in [0.29, 0.717) is 10.7 Å². The van der Waals surface area contributed by atoms with E-state index in [4.69, 9.17) is 15.0 Å². The van der Waals surface area contributed by atoms with E-state index in [1.807, 2.05) is 78.9 Å². The van der Waals surface area contributed by atoms with Crippen molar-refractivity contribution in [2.45, 2.75) is 0 Å². The zero-order valence-corrected chi connectivity index (χ0v) is 28.2. The summed E-state index contributed by atoms with van der Waals surface area (Å²) in [5.74, 6) is 0.685. The number of benzene rings is 6. The van der Waals surface area contributed by atoms with Gasteiger partial charge in [-0.1, -0.05) is 146 Å². The third kappa shape index (κ3) is 5.64. The van der Waals surface area contributed by atoms with Gasteiger partial charge in [0.2, 0.25) is 0 Å². The van der Waals surface area contributed by atoms with Crippen molar-refractivity contribution in [3.05, 3.63) is 175 Å². The summed E-state index contributed by atoms with van der Waals surface area (Å²) in [7, 11) is 0. The van der Waals surface area contributed by atoms with Gasteiger partial charge in [-0.2, -0.15) is 5.26 Å². The molecule has 9 aromatic rings. The average molecular weight is 669 g/mol. The molecule has 0 atom stereocenters. The number of hydrogen-bond donors (Lipinski definition) is 0. The summed E-state index contributed by atoms with van der Waals surface area (Å²) in [6.07, 6.45) is 0. The quantitative estimate of drug-likeness (QED) is 0.177. The lowest BCUT2D eigenvalue weighted by Crippen LogP contribution is -1.96. The van der Waals surface area contributed by atoms with E-state index in [1.54, 1.807) is 0 Å². The second-order valence-corrected chi connectivity index (χ2v) is 13.3. The number of nitrogens with zero attached hydrogens (tertiary/aromatic N) is 4. The number of pyridine rings is 1. The molecule has 51 heavy (non-hydrogen) atoms. The maximum Gasteiger partial charge on any atom is 0.160 e. The van der Waals surface area contributed by atoms with Gasteiger partial charge < -0.3 is 0 Å². The molecule has 0 bridgehead atoms. The number of fused-ring (bicyclic) bond motifs is 3. The predicted octanol–water partition coefficient (Wildman–Crippen LogP) is 12.1. The third-order valence-electron chi connectivity index (χ3n) is 9.15. The van der Waals surface area contributed by atoms with Crippen LogP contribution in [0.1, 0.15) is 4.88 Å². The molecule has 0 aliphatic heterocycles. The van der Waals surface area contributed by atoms with Crippen LogP contribution in [0.4, 0.5) is 0 Å². The second kappa shape index (κ2) is 12.9. The molecule has 0 unspecified atom stereocenters. The highest BCUT2D eigenvalue weighted by Crippen LogP contribution is 2.46. The molecular weight excluding hydrogens is 641 g/mol. The molecule has 0 radical (unpaired) electrons. The minimum atomic E-state index is 0.675. The molecule has 0 aliphatic carbocycles. The summed E-state index contributed by atoms with van der Waals surface area (Å²) in [5, 5.41) is 12.6. The SMILES string of the molecule is N#Cc1sc2c(-c3ccccc3)nc3ccccc3c2c1-c1cccc(-c2cccc(-c3cc(-c4ccccc4)nc(-c4ccccc4)n3)c2)c1. The summed E-state index contributed by atoms with van der Waals surface area (Å²) in [6, 6.07) is 60.4. The van der Waals surface area contributed by atoms with Crippen molar-refractivity contribution in [3.8, 4) is 73.5 Å². The molecule has 0 N–H and O–H groups in total. The van der Waals surface area contributed by atoms with E-state index in [-0.39, 0.29) is 0 Å². The summed E-state index contributed by atoms with van der Waals surface area (Å²) in [5.41, 5.74) is 11.6. The van der Waals surface area contributed by atoms with Crippen LogP contribution in [0.15, 0.2) is 170 Å². The van der Waals surface area contributed by atoms with Gasteiger partial charge in [-0.05, 0) is 41.0 Å². The lowest BCUT2D eigenvalue weighted by molar-refractivity contribution is 1.18. The first kappa shape index (κ1) is 30.3. The lowest BCUT2D eigenvalue weighted by atomic mass is 9.94. The molecular formula is C46H28N4S. The molecule has 238 valence electrons. The van der Waals surface area contributed by atoms with Crippen LogP contribution in [0.25, 0.3) is 88.4 Å². The van der Waals surface area contributed by atoms with Gasteiger partial charge >= 0.3 is 0 Å². The monoisotopic (exact) mass is 668 g/mol. The first-order valence-corrected chi connectivity index (χ1v) is 17.6. The molecule has 4 nitrogen and oxygen atoms in total. The van der Waals surface area contributed by atoms with Crippen LogP contribution in [0, 0.1) is 11.3 Å². The summed E-state index contributed by atoms with van der Waals surface area (Å²) in [6.45, 7) is 0. The fourth-order valence-electron chi connectivity index (χ4n) is 6.74. The third-order valence-corrected chi connectivity index (χ3v) is 10.2. The topological polar surface area (TPSA) is 62.5 Å². The Balaban J connectivity index is 1.19. The second-order valence-electron chi connectivity index (χ2n) is 12.3. The van der Waals surface area contributed by atoms with Crippen LogP contribution >= 0.6 is 11.3 Å². The maximum atomic E-state index is 10.5. The van der Waals surface area contributed by atoms with Crippen molar-refractivity contribution >= 4 is 32.3 Å². The van der Waals surface area contributed by atoms with Crippen molar-refractivity contribution in [3.63, 3.8) is 0 Å². The fraction of sp³-hybridized carbons (Fsp3) is 0. The molecule has 3 heterocycles. The molecule has 0 saturated heterocycles.